The van der Waals surface area contributed by atoms with E-state index in [1.807, 2.05) is 32.0 Å². The lowest BCUT2D eigenvalue weighted by Gasteiger charge is -2.19. The van der Waals surface area contributed by atoms with Gasteiger partial charge in [0.05, 0.1) is 6.04 Å². The van der Waals surface area contributed by atoms with Crippen LogP contribution in [0.5, 0.6) is 0 Å². The van der Waals surface area contributed by atoms with Gasteiger partial charge >= 0.3 is 0 Å². The molecule has 112 valence electrons. The highest BCUT2D eigenvalue weighted by Crippen LogP contribution is 2.25. The maximum absolute atomic E-state index is 13.4. The molecule has 0 aliphatic heterocycles. The quantitative estimate of drug-likeness (QED) is 0.515. The first-order chi connectivity index (χ1) is 9.93. The van der Waals surface area contributed by atoms with Crippen molar-refractivity contribution in [2.24, 2.45) is 5.84 Å². The molecule has 2 aromatic carbocycles. The van der Waals surface area contributed by atoms with Crippen LogP contribution < -0.4 is 11.3 Å². The molecule has 2 aromatic rings. The average Bonchev–Trinajstić information content (AvgIpc) is 2.44. The molecule has 0 heterocycles. The Bertz CT molecular complexity index is 613. The third-order valence-corrected chi connectivity index (χ3v) is 3.66. The van der Waals surface area contributed by atoms with Gasteiger partial charge in [-0.3, -0.25) is 11.3 Å². The molecule has 5 heteroatoms. The fourth-order valence-corrected chi connectivity index (χ4v) is 2.42. The minimum atomic E-state index is -1.47. The van der Waals surface area contributed by atoms with Crippen LogP contribution in [0.15, 0.2) is 30.3 Å². The van der Waals surface area contributed by atoms with Gasteiger partial charge in [-0.15, -0.1) is 0 Å². The van der Waals surface area contributed by atoms with Crippen LogP contribution in [0.4, 0.5) is 13.2 Å². The summed E-state index contributed by atoms with van der Waals surface area (Å²) in [5.41, 5.74) is 6.00. The van der Waals surface area contributed by atoms with Gasteiger partial charge in [-0.2, -0.15) is 0 Å². The number of rotatable bonds is 4. The van der Waals surface area contributed by atoms with Crippen molar-refractivity contribution in [2.75, 3.05) is 0 Å². The molecule has 2 nitrogen and oxygen atoms in total. The standard InChI is InChI=1S/C16H17F3N2/c1-9-4-3-5-10(2)12(9)8-15(21-20)11-6-13(17)16(19)14(18)7-11/h3-7,15,21H,8,20H2,1-2H3. The van der Waals surface area contributed by atoms with Gasteiger partial charge in [0.1, 0.15) is 0 Å². The number of benzene rings is 2. The van der Waals surface area contributed by atoms with Crippen LogP contribution >= 0.6 is 0 Å². The number of hydrogen-bond donors (Lipinski definition) is 2. The second-order valence-corrected chi connectivity index (χ2v) is 5.09. The van der Waals surface area contributed by atoms with Crippen molar-refractivity contribution in [3.05, 3.63) is 70.0 Å². The van der Waals surface area contributed by atoms with Gasteiger partial charge in [0.2, 0.25) is 0 Å². The van der Waals surface area contributed by atoms with Gasteiger partial charge in [-0.1, -0.05) is 18.2 Å². The summed E-state index contributed by atoms with van der Waals surface area (Å²) in [6.07, 6.45) is 0.458. The monoisotopic (exact) mass is 294 g/mol. The highest BCUT2D eigenvalue weighted by atomic mass is 19.2. The van der Waals surface area contributed by atoms with Gasteiger partial charge in [0.15, 0.2) is 17.5 Å². The van der Waals surface area contributed by atoms with E-state index >= 15 is 0 Å². The van der Waals surface area contributed by atoms with Crippen LogP contribution in [0.1, 0.15) is 28.3 Å². The third-order valence-electron chi connectivity index (χ3n) is 3.66. The SMILES string of the molecule is Cc1cccc(C)c1CC(NN)c1cc(F)c(F)c(F)c1. The maximum Gasteiger partial charge on any atom is 0.194 e. The fraction of sp³-hybridized carbons (Fsp3) is 0.250. The van der Waals surface area contributed by atoms with E-state index in [-0.39, 0.29) is 5.56 Å². The Balaban J connectivity index is 2.37. The molecule has 0 aliphatic rings. The zero-order valence-electron chi connectivity index (χ0n) is 11.9. The largest absolute Gasteiger partial charge is 0.271 e. The third kappa shape index (κ3) is 3.25. The molecule has 0 aromatic heterocycles. The lowest BCUT2D eigenvalue weighted by atomic mass is 9.93. The molecule has 0 fully saturated rings. The summed E-state index contributed by atoms with van der Waals surface area (Å²) < 4.78 is 39.7. The number of nitrogens with two attached hydrogens (primary N) is 1. The molecule has 1 unspecified atom stereocenters. The average molecular weight is 294 g/mol. The molecule has 21 heavy (non-hydrogen) atoms. The van der Waals surface area contributed by atoms with Crippen LogP contribution in [0.2, 0.25) is 0 Å². The highest BCUT2D eigenvalue weighted by molar-refractivity contribution is 5.35. The van der Waals surface area contributed by atoms with E-state index < -0.39 is 23.5 Å². The Morgan fingerprint density at radius 3 is 2.05 bits per heavy atom. The summed E-state index contributed by atoms with van der Waals surface area (Å²) in [4.78, 5) is 0. The number of nitrogens with one attached hydrogen (secondary N) is 1. The highest BCUT2D eigenvalue weighted by Gasteiger charge is 2.18. The topological polar surface area (TPSA) is 38.0 Å². The Hall–Kier alpha value is -1.85. The van der Waals surface area contributed by atoms with Gasteiger partial charge in [-0.25, -0.2) is 13.2 Å². The molecule has 3 N–H and O–H groups in total. The summed E-state index contributed by atoms with van der Waals surface area (Å²) in [5.74, 6) is 1.60. The number of aryl methyl sites for hydroxylation is 2. The van der Waals surface area contributed by atoms with Gasteiger partial charge in [0.25, 0.3) is 0 Å². The normalized spacial score (nSPS) is 12.5. The lowest BCUT2D eigenvalue weighted by molar-refractivity contribution is 0.439. The van der Waals surface area contributed by atoms with Crippen molar-refractivity contribution in [3.63, 3.8) is 0 Å². The predicted molar refractivity (Wildman–Crippen MR) is 76.0 cm³/mol. The Labute approximate surface area is 121 Å². The zero-order valence-corrected chi connectivity index (χ0v) is 11.9. The molecular weight excluding hydrogens is 277 g/mol. The lowest BCUT2D eigenvalue weighted by Crippen LogP contribution is -2.30. The molecule has 0 saturated carbocycles. The fourth-order valence-electron chi connectivity index (χ4n) is 2.42. The summed E-state index contributed by atoms with van der Waals surface area (Å²) >= 11 is 0. The molecule has 0 bridgehead atoms. The first-order valence-corrected chi connectivity index (χ1v) is 6.59. The molecule has 1 atom stereocenters. The number of halogens is 3. The van der Waals surface area contributed by atoms with Crippen molar-refractivity contribution in [1.29, 1.82) is 0 Å². The van der Waals surface area contributed by atoms with E-state index in [9.17, 15) is 13.2 Å². The Morgan fingerprint density at radius 1 is 1.05 bits per heavy atom. The molecule has 0 radical (unpaired) electrons. The first kappa shape index (κ1) is 15.5. The predicted octanol–water partition coefficient (Wildman–Crippen LogP) is 3.47. The molecule has 2 rings (SSSR count). The van der Waals surface area contributed by atoms with Crippen LogP contribution in [0.3, 0.4) is 0 Å². The van der Waals surface area contributed by atoms with E-state index in [4.69, 9.17) is 5.84 Å². The molecule has 0 spiro atoms. The second kappa shape index (κ2) is 6.28. The van der Waals surface area contributed by atoms with E-state index in [2.05, 4.69) is 5.43 Å². The van der Waals surface area contributed by atoms with Crippen LogP contribution in [0.25, 0.3) is 0 Å². The molecule has 0 amide bonds. The van der Waals surface area contributed by atoms with Crippen LogP contribution in [0, 0.1) is 31.3 Å². The van der Waals surface area contributed by atoms with E-state index in [0.717, 1.165) is 28.8 Å². The number of hydrazine groups is 1. The Morgan fingerprint density at radius 2 is 1.57 bits per heavy atom. The molecular formula is C16H17F3N2. The van der Waals surface area contributed by atoms with Crippen molar-refractivity contribution in [1.82, 2.24) is 5.43 Å². The molecule has 0 saturated heterocycles. The molecule has 0 aliphatic carbocycles. The summed E-state index contributed by atoms with van der Waals surface area (Å²) in [6, 6.07) is 7.29. The smallest absolute Gasteiger partial charge is 0.194 e. The van der Waals surface area contributed by atoms with E-state index in [1.165, 1.54) is 0 Å². The minimum absolute atomic E-state index is 0.275. The van der Waals surface area contributed by atoms with Crippen LogP contribution in [-0.4, -0.2) is 0 Å². The van der Waals surface area contributed by atoms with Gasteiger partial charge < -0.3 is 0 Å². The maximum atomic E-state index is 13.4. The van der Waals surface area contributed by atoms with Crippen molar-refractivity contribution in [3.8, 4) is 0 Å². The summed E-state index contributed by atoms with van der Waals surface area (Å²) in [7, 11) is 0. The van der Waals surface area contributed by atoms with Crippen LogP contribution in [-0.2, 0) is 6.42 Å². The minimum Gasteiger partial charge on any atom is -0.271 e. The zero-order chi connectivity index (χ0) is 15.6. The Kier molecular flexibility index (Phi) is 4.65. The number of hydrogen-bond acceptors (Lipinski definition) is 2. The van der Waals surface area contributed by atoms with E-state index in [0.29, 0.717) is 6.42 Å². The second-order valence-electron chi connectivity index (χ2n) is 5.09. The van der Waals surface area contributed by atoms with Crippen molar-refractivity contribution >= 4 is 0 Å². The van der Waals surface area contributed by atoms with E-state index in [1.54, 1.807) is 0 Å². The first-order valence-electron chi connectivity index (χ1n) is 6.59. The van der Waals surface area contributed by atoms with Gasteiger partial charge in [0, 0.05) is 0 Å². The summed E-state index contributed by atoms with van der Waals surface area (Å²) in [6.45, 7) is 3.92. The van der Waals surface area contributed by atoms with Crippen molar-refractivity contribution < 1.29 is 13.2 Å². The van der Waals surface area contributed by atoms with Gasteiger partial charge in [-0.05, 0) is 54.7 Å². The van der Waals surface area contributed by atoms with Crippen molar-refractivity contribution in [2.45, 2.75) is 26.3 Å². The summed E-state index contributed by atoms with van der Waals surface area (Å²) in [5, 5.41) is 0.